The Balaban J connectivity index is 2.51. The van der Waals surface area contributed by atoms with Gasteiger partial charge in [0.1, 0.15) is 11.6 Å². The molecule has 1 aromatic carbocycles. The number of amides is 2. The predicted molar refractivity (Wildman–Crippen MR) is 78.0 cm³/mol. The van der Waals surface area contributed by atoms with Crippen molar-refractivity contribution >= 4 is 33.4 Å². The van der Waals surface area contributed by atoms with E-state index in [1.165, 1.54) is 0 Å². The van der Waals surface area contributed by atoms with Crippen LogP contribution in [0, 0.1) is 6.92 Å². The minimum Gasteiger partial charge on any atom is -0.340 e. The van der Waals surface area contributed by atoms with Gasteiger partial charge in [0.05, 0.1) is 0 Å². The molecule has 1 atom stereocenters. The van der Waals surface area contributed by atoms with Crippen LogP contribution in [0.2, 0.25) is 0 Å². The minimum absolute atomic E-state index is 0.0926. The highest BCUT2D eigenvalue weighted by Crippen LogP contribution is 2.29. The highest BCUT2D eigenvalue weighted by atomic mass is 79.9. The van der Waals surface area contributed by atoms with Crippen molar-refractivity contribution in [2.45, 2.75) is 39.3 Å². The minimum atomic E-state index is -0.872. The number of piperazine rings is 1. The second-order valence-electron chi connectivity index (χ2n) is 5.40. The maximum absolute atomic E-state index is 12.5. The summed E-state index contributed by atoms with van der Waals surface area (Å²) < 4.78 is 0.953. The number of carbonyl (C=O) groups is 2. The number of nitrogens with zero attached hydrogens (tertiary/aromatic N) is 1. The van der Waals surface area contributed by atoms with Crippen molar-refractivity contribution in [3.8, 4) is 0 Å². The highest BCUT2D eigenvalue weighted by Gasteiger charge is 2.44. The first-order chi connectivity index (χ1) is 8.74. The van der Waals surface area contributed by atoms with E-state index in [-0.39, 0.29) is 11.8 Å². The average molecular weight is 325 g/mol. The van der Waals surface area contributed by atoms with Gasteiger partial charge in [0.15, 0.2) is 0 Å². The van der Waals surface area contributed by atoms with E-state index >= 15 is 0 Å². The Hall–Kier alpha value is -1.36. The van der Waals surface area contributed by atoms with Crippen LogP contribution < -0.4 is 10.2 Å². The second-order valence-corrected chi connectivity index (χ2v) is 6.31. The topological polar surface area (TPSA) is 49.4 Å². The average Bonchev–Trinajstić information content (AvgIpc) is 2.29. The molecule has 1 aliphatic heterocycles. The lowest BCUT2D eigenvalue weighted by atomic mass is 9.96. The summed E-state index contributed by atoms with van der Waals surface area (Å²) >= 11 is 3.40. The molecule has 1 unspecified atom stereocenters. The van der Waals surface area contributed by atoms with Crippen LogP contribution in [0.4, 0.5) is 5.69 Å². The molecular weight excluding hydrogens is 308 g/mol. The third kappa shape index (κ3) is 2.39. The molecule has 2 rings (SSSR count). The molecule has 2 amide bonds. The maximum Gasteiger partial charge on any atom is 0.252 e. The van der Waals surface area contributed by atoms with Crippen LogP contribution in [0.25, 0.3) is 0 Å². The first-order valence-electron chi connectivity index (χ1n) is 6.16. The van der Waals surface area contributed by atoms with Crippen LogP contribution in [0.5, 0.6) is 0 Å². The second kappa shape index (κ2) is 4.63. The third-order valence-electron chi connectivity index (χ3n) is 3.37. The third-order valence-corrected chi connectivity index (χ3v) is 3.87. The largest absolute Gasteiger partial charge is 0.340 e. The van der Waals surface area contributed by atoms with E-state index in [9.17, 15) is 9.59 Å². The number of hydrogen-bond acceptors (Lipinski definition) is 2. The summed E-state index contributed by atoms with van der Waals surface area (Å²) in [6.07, 6.45) is 0. The first-order valence-corrected chi connectivity index (χ1v) is 6.95. The number of benzene rings is 1. The monoisotopic (exact) mass is 324 g/mol. The van der Waals surface area contributed by atoms with Crippen molar-refractivity contribution in [2.24, 2.45) is 0 Å². The molecule has 1 N–H and O–H groups in total. The number of aryl methyl sites for hydroxylation is 1. The number of hydrogen-bond donors (Lipinski definition) is 1. The van der Waals surface area contributed by atoms with Crippen molar-refractivity contribution in [3.63, 3.8) is 0 Å². The highest BCUT2D eigenvalue weighted by molar-refractivity contribution is 9.10. The quantitative estimate of drug-likeness (QED) is 0.862. The number of nitrogens with one attached hydrogen (secondary N) is 1. The van der Waals surface area contributed by atoms with Gasteiger partial charge in [-0.25, -0.2) is 0 Å². The lowest BCUT2D eigenvalue weighted by Gasteiger charge is -2.42. The summed E-state index contributed by atoms with van der Waals surface area (Å²) in [5.74, 6) is -0.225. The smallest absolute Gasteiger partial charge is 0.252 e. The first kappa shape index (κ1) is 14.1. The van der Waals surface area contributed by atoms with E-state index in [0.717, 1.165) is 15.7 Å². The molecule has 19 heavy (non-hydrogen) atoms. The summed E-state index contributed by atoms with van der Waals surface area (Å²) in [6.45, 7) is 7.12. The van der Waals surface area contributed by atoms with E-state index in [1.807, 2.05) is 25.1 Å². The molecule has 0 saturated carbocycles. The van der Waals surface area contributed by atoms with E-state index < -0.39 is 11.6 Å². The van der Waals surface area contributed by atoms with Gasteiger partial charge in [-0.05, 0) is 51.5 Å². The van der Waals surface area contributed by atoms with Crippen molar-refractivity contribution in [3.05, 3.63) is 28.2 Å². The van der Waals surface area contributed by atoms with E-state index in [0.29, 0.717) is 0 Å². The SMILES string of the molecule is Cc1cc(Br)ccc1N1C(=O)C(C)(C)NC(=O)C1C. The molecule has 1 fully saturated rings. The summed E-state index contributed by atoms with van der Waals surface area (Å²) in [5, 5.41) is 2.75. The van der Waals surface area contributed by atoms with Gasteiger partial charge in [-0.3, -0.25) is 14.5 Å². The van der Waals surface area contributed by atoms with Crippen molar-refractivity contribution in [2.75, 3.05) is 4.90 Å². The molecule has 1 aromatic rings. The van der Waals surface area contributed by atoms with E-state index in [2.05, 4.69) is 21.2 Å². The normalized spacial score (nSPS) is 22.4. The number of halogens is 1. The zero-order chi connectivity index (χ0) is 14.4. The summed E-state index contributed by atoms with van der Waals surface area (Å²) in [5.41, 5.74) is 0.868. The summed E-state index contributed by atoms with van der Waals surface area (Å²) in [7, 11) is 0. The predicted octanol–water partition coefficient (Wildman–Crippen LogP) is 2.39. The van der Waals surface area contributed by atoms with Crippen LogP contribution >= 0.6 is 15.9 Å². The standard InChI is InChI=1S/C14H17BrN2O2/c1-8-7-10(15)5-6-11(8)17-9(2)12(18)16-14(3,4)13(17)19/h5-7,9H,1-4H3,(H,16,18). The van der Waals surface area contributed by atoms with Gasteiger partial charge >= 0.3 is 0 Å². The zero-order valence-electron chi connectivity index (χ0n) is 11.5. The zero-order valence-corrected chi connectivity index (χ0v) is 13.0. The van der Waals surface area contributed by atoms with Gasteiger partial charge in [0, 0.05) is 10.2 Å². The Morgan fingerprint density at radius 3 is 2.53 bits per heavy atom. The van der Waals surface area contributed by atoms with Gasteiger partial charge in [-0.2, -0.15) is 0 Å². The molecule has 0 bridgehead atoms. The molecule has 102 valence electrons. The van der Waals surface area contributed by atoms with Crippen LogP contribution in [-0.4, -0.2) is 23.4 Å². The van der Waals surface area contributed by atoms with Gasteiger partial charge in [0.2, 0.25) is 5.91 Å². The molecule has 0 spiro atoms. The number of rotatable bonds is 1. The fraction of sp³-hybridized carbons (Fsp3) is 0.429. The molecule has 5 heteroatoms. The van der Waals surface area contributed by atoms with Crippen LogP contribution in [0.3, 0.4) is 0 Å². The lowest BCUT2D eigenvalue weighted by Crippen LogP contribution is -2.67. The maximum atomic E-state index is 12.5. The Bertz CT molecular complexity index is 554. The van der Waals surface area contributed by atoms with Crippen LogP contribution in [0.15, 0.2) is 22.7 Å². The van der Waals surface area contributed by atoms with E-state index in [1.54, 1.807) is 25.7 Å². The fourth-order valence-corrected chi connectivity index (χ4v) is 2.74. The molecule has 1 saturated heterocycles. The van der Waals surface area contributed by atoms with Crippen molar-refractivity contribution < 1.29 is 9.59 Å². The van der Waals surface area contributed by atoms with Gasteiger partial charge in [-0.15, -0.1) is 0 Å². The van der Waals surface area contributed by atoms with Crippen LogP contribution in [-0.2, 0) is 9.59 Å². The van der Waals surface area contributed by atoms with Gasteiger partial charge < -0.3 is 5.32 Å². The molecular formula is C14H17BrN2O2. The van der Waals surface area contributed by atoms with Gasteiger partial charge in [-0.1, -0.05) is 15.9 Å². The lowest BCUT2D eigenvalue weighted by molar-refractivity contribution is -0.136. The summed E-state index contributed by atoms with van der Waals surface area (Å²) in [4.78, 5) is 26.1. The number of carbonyl (C=O) groups excluding carboxylic acids is 2. The Morgan fingerprint density at radius 1 is 1.32 bits per heavy atom. The molecule has 1 aliphatic rings. The Kier molecular flexibility index (Phi) is 3.43. The molecule has 0 radical (unpaired) electrons. The summed E-state index contributed by atoms with van der Waals surface area (Å²) in [6, 6.07) is 5.18. The van der Waals surface area contributed by atoms with Crippen molar-refractivity contribution in [1.82, 2.24) is 5.32 Å². The molecule has 0 aliphatic carbocycles. The molecule has 1 heterocycles. The van der Waals surface area contributed by atoms with Crippen molar-refractivity contribution in [1.29, 1.82) is 0 Å². The molecule has 4 nitrogen and oxygen atoms in total. The fourth-order valence-electron chi connectivity index (χ4n) is 2.27. The van der Waals surface area contributed by atoms with Gasteiger partial charge in [0.25, 0.3) is 5.91 Å². The number of anilines is 1. The van der Waals surface area contributed by atoms with Crippen LogP contribution in [0.1, 0.15) is 26.3 Å². The van der Waals surface area contributed by atoms with E-state index in [4.69, 9.17) is 0 Å². The Labute approximate surface area is 121 Å². The molecule has 0 aromatic heterocycles. The Morgan fingerprint density at radius 2 is 1.95 bits per heavy atom.